The first kappa shape index (κ1) is 11.3. The number of fused-ring (bicyclic) bond motifs is 1. The number of benzene rings is 1. The summed E-state index contributed by atoms with van der Waals surface area (Å²) in [7, 11) is 0. The second kappa shape index (κ2) is 4.75. The molecule has 2 rings (SSSR count). The number of hydrogen-bond donors (Lipinski definition) is 2. The monoisotopic (exact) mass is 234 g/mol. The van der Waals surface area contributed by atoms with Gasteiger partial charge in [-0.2, -0.15) is 0 Å². The van der Waals surface area contributed by atoms with E-state index in [0.717, 1.165) is 0 Å². The molecular weight excluding hydrogens is 224 g/mol. The van der Waals surface area contributed by atoms with E-state index in [1.807, 2.05) is 0 Å². The second-order valence-corrected chi connectivity index (χ2v) is 3.36. The summed E-state index contributed by atoms with van der Waals surface area (Å²) in [5, 5.41) is 11.3. The maximum Gasteiger partial charge on any atom is 0.266 e. The number of amides is 1. The van der Waals surface area contributed by atoms with E-state index in [-0.39, 0.29) is 19.0 Å². The van der Waals surface area contributed by atoms with Crippen molar-refractivity contribution >= 4 is 23.3 Å². The largest absolute Gasteiger partial charge is 0.434 e. The third kappa shape index (κ3) is 2.16. The lowest BCUT2D eigenvalue weighted by molar-refractivity contribution is -0.109. The number of aromatic nitrogens is 1. The maximum absolute atomic E-state index is 11.5. The van der Waals surface area contributed by atoms with Crippen molar-refractivity contribution in [3.63, 3.8) is 0 Å². The number of rotatable bonds is 5. The lowest BCUT2D eigenvalue weighted by Gasteiger charge is -1.93. The highest BCUT2D eigenvalue weighted by Crippen LogP contribution is 2.19. The van der Waals surface area contributed by atoms with Gasteiger partial charge in [0.1, 0.15) is 5.52 Å². The lowest BCUT2D eigenvalue weighted by Crippen LogP contribution is -2.21. The Balaban J connectivity index is 2.37. The molecule has 1 amide bonds. The van der Waals surface area contributed by atoms with Gasteiger partial charge in [0.25, 0.3) is 5.89 Å². The van der Waals surface area contributed by atoms with Gasteiger partial charge < -0.3 is 14.8 Å². The normalized spacial score (nSPS) is 10.4. The minimum Gasteiger partial charge on any atom is -0.434 e. The molecule has 17 heavy (non-hydrogen) atoms. The molecule has 1 heterocycles. The van der Waals surface area contributed by atoms with Crippen molar-refractivity contribution in [2.24, 2.45) is 0 Å². The number of Topliss-reactive ketones (excluding diaryl/α,β-unsaturated/α-hetero) is 1. The van der Waals surface area contributed by atoms with Crippen LogP contribution in [0.1, 0.15) is 16.2 Å². The molecule has 6 nitrogen and oxygen atoms in total. The zero-order chi connectivity index (χ0) is 12.3. The molecule has 0 saturated carbocycles. The Kier molecular flexibility index (Phi) is 3.15. The number of carbonyl (C=O) groups is 2. The van der Waals surface area contributed by atoms with E-state index in [9.17, 15) is 9.59 Å². The van der Waals surface area contributed by atoms with Crippen LogP contribution in [-0.2, 0) is 11.4 Å². The molecular formula is C11H10N2O4. The number of nitrogens with one attached hydrogen (secondary N) is 1. The molecule has 0 aliphatic carbocycles. The molecule has 88 valence electrons. The van der Waals surface area contributed by atoms with E-state index >= 15 is 0 Å². The summed E-state index contributed by atoms with van der Waals surface area (Å²) in [5.74, 6) is -0.493. The minimum atomic E-state index is -0.419. The molecule has 0 aliphatic rings. The van der Waals surface area contributed by atoms with Crippen LogP contribution in [0.2, 0.25) is 0 Å². The predicted octanol–water partition coefficient (Wildman–Crippen LogP) is 0.249. The SMILES string of the molecule is O=CNCC(=O)c1nc2c(CO)cccc2o1. The van der Waals surface area contributed by atoms with Crippen LogP contribution in [0.5, 0.6) is 0 Å². The van der Waals surface area contributed by atoms with E-state index in [1.165, 1.54) is 0 Å². The molecule has 0 bridgehead atoms. The number of aliphatic hydroxyl groups is 1. The number of carbonyl (C=O) groups excluding carboxylic acids is 2. The van der Waals surface area contributed by atoms with Crippen LogP contribution >= 0.6 is 0 Å². The van der Waals surface area contributed by atoms with E-state index in [1.54, 1.807) is 18.2 Å². The number of nitrogens with zero attached hydrogens (tertiary/aromatic N) is 1. The lowest BCUT2D eigenvalue weighted by atomic mass is 10.2. The topological polar surface area (TPSA) is 92.4 Å². The first-order valence-electron chi connectivity index (χ1n) is 4.95. The molecule has 0 radical (unpaired) electrons. The van der Waals surface area contributed by atoms with E-state index in [2.05, 4.69) is 10.3 Å². The van der Waals surface area contributed by atoms with Gasteiger partial charge in [-0.25, -0.2) is 4.98 Å². The van der Waals surface area contributed by atoms with Crippen molar-refractivity contribution in [1.29, 1.82) is 0 Å². The molecule has 0 atom stereocenters. The maximum atomic E-state index is 11.5. The van der Waals surface area contributed by atoms with Gasteiger partial charge in [0.2, 0.25) is 12.2 Å². The number of hydrogen-bond acceptors (Lipinski definition) is 5. The summed E-state index contributed by atoms with van der Waals surface area (Å²) in [4.78, 5) is 25.6. The summed E-state index contributed by atoms with van der Waals surface area (Å²) in [6.07, 6.45) is 0.430. The zero-order valence-electron chi connectivity index (χ0n) is 8.84. The van der Waals surface area contributed by atoms with E-state index in [0.29, 0.717) is 23.1 Å². The predicted molar refractivity (Wildman–Crippen MR) is 58.3 cm³/mol. The second-order valence-electron chi connectivity index (χ2n) is 3.36. The van der Waals surface area contributed by atoms with Gasteiger partial charge in [0.05, 0.1) is 13.2 Å². The first-order valence-corrected chi connectivity index (χ1v) is 4.95. The van der Waals surface area contributed by atoms with Gasteiger partial charge in [-0.05, 0) is 6.07 Å². The van der Waals surface area contributed by atoms with E-state index < -0.39 is 5.78 Å². The Morgan fingerprint density at radius 1 is 1.53 bits per heavy atom. The first-order chi connectivity index (χ1) is 8.26. The molecule has 0 unspecified atom stereocenters. The molecule has 2 aromatic rings. The van der Waals surface area contributed by atoms with Gasteiger partial charge in [0, 0.05) is 5.56 Å². The zero-order valence-corrected chi connectivity index (χ0v) is 8.84. The average Bonchev–Trinajstić information content (AvgIpc) is 2.79. The fourth-order valence-electron chi connectivity index (χ4n) is 1.46. The van der Waals surface area contributed by atoms with Crippen LogP contribution in [0.15, 0.2) is 22.6 Å². The van der Waals surface area contributed by atoms with Crippen LogP contribution in [0, 0.1) is 0 Å². The number of para-hydroxylation sites is 1. The Morgan fingerprint density at radius 2 is 2.35 bits per heavy atom. The molecule has 2 N–H and O–H groups in total. The number of oxazole rings is 1. The summed E-state index contributed by atoms with van der Waals surface area (Å²) in [5.41, 5.74) is 1.49. The fraction of sp³-hybridized carbons (Fsp3) is 0.182. The van der Waals surface area contributed by atoms with Crippen molar-refractivity contribution in [1.82, 2.24) is 10.3 Å². The third-order valence-corrected chi connectivity index (χ3v) is 2.26. The van der Waals surface area contributed by atoms with Crippen LogP contribution in [0.4, 0.5) is 0 Å². The van der Waals surface area contributed by atoms with Crippen LogP contribution in [0.3, 0.4) is 0 Å². The Bertz CT molecular complexity index is 562. The number of ketones is 1. The summed E-state index contributed by atoms with van der Waals surface area (Å²) in [6.45, 7) is -0.338. The minimum absolute atomic E-state index is 0.0738. The van der Waals surface area contributed by atoms with Crippen molar-refractivity contribution in [3.8, 4) is 0 Å². The highest BCUT2D eigenvalue weighted by molar-refractivity contribution is 5.96. The summed E-state index contributed by atoms with van der Waals surface area (Å²) in [6, 6.07) is 5.06. The average molecular weight is 234 g/mol. The van der Waals surface area contributed by atoms with Crippen LogP contribution in [0.25, 0.3) is 11.1 Å². The van der Waals surface area contributed by atoms with Crippen molar-refractivity contribution in [3.05, 3.63) is 29.7 Å². The van der Waals surface area contributed by atoms with Crippen molar-refractivity contribution < 1.29 is 19.1 Å². The molecule has 0 saturated heterocycles. The quantitative estimate of drug-likeness (QED) is 0.571. The Hall–Kier alpha value is -2.21. The van der Waals surface area contributed by atoms with E-state index in [4.69, 9.17) is 9.52 Å². The summed E-state index contributed by atoms with van der Waals surface area (Å²) >= 11 is 0. The standard InChI is InChI=1S/C11H10N2O4/c14-5-7-2-1-3-9-10(7)13-11(17-9)8(16)4-12-6-15/h1-3,6,14H,4-5H2,(H,12,15). The molecule has 6 heteroatoms. The highest BCUT2D eigenvalue weighted by Gasteiger charge is 2.15. The van der Waals surface area contributed by atoms with Crippen molar-refractivity contribution in [2.45, 2.75) is 6.61 Å². The Labute approximate surface area is 96.3 Å². The molecule has 0 fully saturated rings. The van der Waals surface area contributed by atoms with Gasteiger partial charge >= 0.3 is 0 Å². The molecule has 0 spiro atoms. The van der Waals surface area contributed by atoms with Crippen molar-refractivity contribution in [2.75, 3.05) is 6.54 Å². The van der Waals surface area contributed by atoms with Gasteiger partial charge in [-0.15, -0.1) is 0 Å². The Morgan fingerprint density at radius 3 is 3.06 bits per heavy atom. The van der Waals surface area contributed by atoms with Gasteiger partial charge in [-0.1, -0.05) is 12.1 Å². The molecule has 0 aliphatic heterocycles. The summed E-state index contributed by atoms with van der Waals surface area (Å²) < 4.78 is 5.24. The third-order valence-electron chi connectivity index (χ3n) is 2.26. The smallest absolute Gasteiger partial charge is 0.266 e. The molecule has 1 aromatic carbocycles. The molecule has 1 aromatic heterocycles. The number of aliphatic hydroxyl groups excluding tert-OH is 1. The van der Waals surface area contributed by atoms with Gasteiger partial charge in [-0.3, -0.25) is 9.59 Å². The van der Waals surface area contributed by atoms with Crippen LogP contribution in [-0.4, -0.2) is 28.8 Å². The van der Waals surface area contributed by atoms with Gasteiger partial charge in [0.15, 0.2) is 5.58 Å². The highest BCUT2D eigenvalue weighted by atomic mass is 16.4. The van der Waals surface area contributed by atoms with Crippen LogP contribution < -0.4 is 5.32 Å². The fourth-order valence-corrected chi connectivity index (χ4v) is 1.46.